The van der Waals surface area contributed by atoms with Gasteiger partial charge in [0.25, 0.3) is 5.82 Å². The minimum Gasteiger partial charge on any atom is -0.323 e. The van der Waals surface area contributed by atoms with Crippen LogP contribution in [0.4, 0.5) is 0 Å². The van der Waals surface area contributed by atoms with E-state index in [4.69, 9.17) is 4.98 Å². The lowest BCUT2D eigenvalue weighted by Gasteiger charge is -2.09. The van der Waals surface area contributed by atoms with Crippen LogP contribution in [0.5, 0.6) is 0 Å². The predicted octanol–water partition coefficient (Wildman–Crippen LogP) is 6.15. The molecule has 0 spiro atoms. The number of aromatic nitrogens is 4. The quantitative estimate of drug-likeness (QED) is 0.299. The van der Waals surface area contributed by atoms with Gasteiger partial charge in [-0.25, -0.2) is 9.55 Å². The normalized spacial score (nSPS) is 11.9. The summed E-state index contributed by atoms with van der Waals surface area (Å²) in [6.45, 7) is 6.48. The number of thiophene rings is 1. The summed E-state index contributed by atoms with van der Waals surface area (Å²) < 4.78 is 8.27. The fourth-order valence-electron chi connectivity index (χ4n) is 4.88. The van der Waals surface area contributed by atoms with Gasteiger partial charge in [-0.15, -0.1) is 11.3 Å². The molecule has 0 saturated heterocycles. The first-order valence-corrected chi connectivity index (χ1v) is 11.7. The van der Waals surface area contributed by atoms with Gasteiger partial charge in [0, 0.05) is 12.4 Å². The lowest BCUT2D eigenvalue weighted by atomic mass is 10.0. The fourth-order valence-corrected chi connectivity index (χ4v) is 6.23. The molecule has 0 bridgehead atoms. The van der Waals surface area contributed by atoms with Crippen LogP contribution in [0.25, 0.3) is 48.5 Å². The molecule has 0 amide bonds. The minimum absolute atomic E-state index is 1.05. The van der Waals surface area contributed by atoms with Crippen LogP contribution in [0.1, 0.15) is 17.0 Å². The van der Waals surface area contributed by atoms with E-state index in [1.54, 1.807) is 0 Å². The third-order valence-electron chi connectivity index (χ3n) is 6.68. The van der Waals surface area contributed by atoms with E-state index in [2.05, 4.69) is 109 Å². The molecular weight excluding hydrogens is 412 g/mol. The highest BCUT2D eigenvalue weighted by atomic mass is 32.1. The Balaban J connectivity index is 1.81. The number of rotatable bonds is 2. The first-order chi connectivity index (χ1) is 15.5. The third kappa shape index (κ3) is 2.49. The average Bonchev–Trinajstić information content (AvgIpc) is 3.38. The molecule has 3 aromatic carbocycles. The zero-order chi connectivity index (χ0) is 22.1. The van der Waals surface area contributed by atoms with Gasteiger partial charge in [0.15, 0.2) is 11.0 Å². The summed E-state index contributed by atoms with van der Waals surface area (Å²) in [7, 11) is 4.29. The number of nitrogens with zero attached hydrogens (tertiary/aromatic N) is 4. The van der Waals surface area contributed by atoms with Gasteiger partial charge < -0.3 is 4.57 Å². The van der Waals surface area contributed by atoms with E-state index >= 15 is 0 Å². The molecule has 158 valence electrons. The van der Waals surface area contributed by atoms with Crippen molar-refractivity contribution < 1.29 is 4.57 Å². The summed E-state index contributed by atoms with van der Waals surface area (Å²) in [6, 6.07) is 21.8. The van der Waals surface area contributed by atoms with Crippen LogP contribution in [0, 0.1) is 20.8 Å². The van der Waals surface area contributed by atoms with E-state index < -0.39 is 0 Å². The summed E-state index contributed by atoms with van der Waals surface area (Å²) >= 11 is 1.85. The maximum atomic E-state index is 4.88. The highest BCUT2D eigenvalue weighted by Gasteiger charge is 2.30. The molecule has 5 heteroatoms. The lowest BCUT2D eigenvalue weighted by Crippen LogP contribution is -2.30. The van der Waals surface area contributed by atoms with Crippen molar-refractivity contribution in [3.05, 3.63) is 77.6 Å². The second-order valence-corrected chi connectivity index (χ2v) is 9.60. The molecule has 0 aliphatic rings. The highest BCUT2D eigenvalue weighted by molar-refractivity contribution is 7.26. The van der Waals surface area contributed by atoms with E-state index in [9.17, 15) is 0 Å². The van der Waals surface area contributed by atoms with Crippen LogP contribution < -0.4 is 4.57 Å². The van der Waals surface area contributed by atoms with Crippen LogP contribution in [-0.4, -0.2) is 14.1 Å². The third-order valence-corrected chi connectivity index (χ3v) is 7.97. The number of hydrogen-bond donors (Lipinski definition) is 0. The molecular formula is C27H25N4S+. The Morgan fingerprint density at radius 1 is 0.875 bits per heavy atom. The molecule has 0 fully saturated rings. The van der Waals surface area contributed by atoms with E-state index in [1.165, 1.54) is 54.2 Å². The molecule has 0 unspecified atom stereocenters. The predicted molar refractivity (Wildman–Crippen MR) is 134 cm³/mol. The molecule has 3 heterocycles. The molecule has 4 nitrogen and oxygen atoms in total. The van der Waals surface area contributed by atoms with Gasteiger partial charge in [0.2, 0.25) is 0 Å². The second kappa shape index (κ2) is 6.78. The number of hydrogen-bond acceptors (Lipinski definition) is 2. The Hall–Kier alpha value is -3.44. The van der Waals surface area contributed by atoms with Crippen molar-refractivity contribution in [1.82, 2.24) is 14.1 Å². The first kappa shape index (κ1) is 19.3. The standard InChI is InChI=1S/C27H25N4S/c1-16-10-6-7-11-20(16)31-22-13-9-8-12-21(22)30(5)26(31)23-17(2)14-15-19-24-27(32-25(19)23)29(4)18(3)28-24/h6-15H,1-5H3/q+1. The van der Waals surface area contributed by atoms with Crippen molar-refractivity contribution in [2.45, 2.75) is 20.8 Å². The lowest BCUT2D eigenvalue weighted by molar-refractivity contribution is -0.633. The molecule has 0 N–H and O–H groups in total. The van der Waals surface area contributed by atoms with Crippen molar-refractivity contribution in [2.75, 3.05) is 0 Å². The van der Waals surface area contributed by atoms with E-state index in [0.29, 0.717) is 0 Å². The zero-order valence-electron chi connectivity index (χ0n) is 19.0. The highest BCUT2D eigenvalue weighted by Crippen LogP contribution is 2.42. The number of para-hydroxylation sites is 3. The monoisotopic (exact) mass is 437 g/mol. The first-order valence-electron chi connectivity index (χ1n) is 10.9. The van der Waals surface area contributed by atoms with Gasteiger partial charge in [-0.1, -0.05) is 42.5 Å². The van der Waals surface area contributed by atoms with Crippen LogP contribution in [0.2, 0.25) is 0 Å². The number of benzene rings is 3. The fraction of sp³-hybridized carbons (Fsp3) is 0.185. The summed E-state index contributed by atoms with van der Waals surface area (Å²) in [6.07, 6.45) is 0. The second-order valence-electron chi connectivity index (χ2n) is 8.60. The van der Waals surface area contributed by atoms with Gasteiger partial charge in [-0.05, 0) is 50.1 Å². The Labute approximate surface area is 191 Å². The Morgan fingerprint density at radius 2 is 1.62 bits per heavy atom. The average molecular weight is 438 g/mol. The van der Waals surface area contributed by atoms with Gasteiger partial charge in [-0.2, -0.15) is 4.57 Å². The smallest absolute Gasteiger partial charge is 0.296 e. The molecule has 0 saturated carbocycles. The largest absolute Gasteiger partial charge is 0.323 e. The van der Waals surface area contributed by atoms with Crippen LogP contribution >= 0.6 is 11.3 Å². The molecule has 32 heavy (non-hydrogen) atoms. The van der Waals surface area contributed by atoms with Crippen molar-refractivity contribution in [3.8, 4) is 17.1 Å². The summed E-state index contributed by atoms with van der Waals surface area (Å²) in [5.74, 6) is 2.25. The van der Waals surface area contributed by atoms with Crippen molar-refractivity contribution >= 4 is 42.8 Å². The van der Waals surface area contributed by atoms with Crippen molar-refractivity contribution in [1.29, 1.82) is 0 Å². The molecule has 6 rings (SSSR count). The maximum absolute atomic E-state index is 4.88. The molecule has 0 atom stereocenters. The Bertz CT molecular complexity index is 1680. The number of imidazole rings is 2. The van der Waals surface area contributed by atoms with E-state index in [-0.39, 0.29) is 0 Å². The molecule has 0 aliphatic heterocycles. The van der Waals surface area contributed by atoms with Crippen LogP contribution in [-0.2, 0) is 14.1 Å². The Morgan fingerprint density at radius 3 is 2.44 bits per heavy atom. The maximum Gasteiger partial charge on any atom is 0.296 e. The van der Waals surface area contributed by atoms with Gasteiger partial charge in [0.1, 0.15) is 21.9 Å². The zero-order valence-corrected chi connectivity index (χ0v) is 19.8. The number of fused-ring (bicyclic) bond motifs is 4. The SMILES string of the molecule is Cc1ccccc1-n1c(-c2c(C)ccc3c2sc2c3nc(C)n2C)[n+](C)c2ccccc21. The van der Waals surface area contributed by atoms with Crippen molar-refractivity contribution in [3.63, 3.8) is 0 Å². The van der Waals surface area contributed by atoms with Crippen LogP contribution in [0.3, 0.4) is 0 Å². The molecule has 6 aromatic rings. The van der Waals surface area contributed by atoms with Gasteiger partial charge in [-0.3, -0.25) is 0 Å². The molecule has 0 radical (unpaired) electrons. The van der Waals surface area contributed by atoms with Crippen molar-refractivity contribution in [2.24, 2.45) is 14.1 Å². The van der Waals surface area contributed by atoms with E-state index in [1.807, 2.05) is 11.3 Å². The summed E-state index contributed by atoms with van der Waals surface area (Å²) in [5.41, 5.74) is 8.56. The van der Waals surface area contributed by atoms with Gasteiger partial charge in [0.05, 0.1) is 17.3 Å². The number of aryl methyl sites for hydroxylation is 5. The minimum atomic E-state index is 1.05. The summed E-state index contributed by atoms with van der Waals surface area (Å²) in [5, 5.41) is 1.23. The molecule has 3 aromatic heterocycles. The Kier molecular flexibility index (Phi) is 4.08. The summed E-state index contributed by atoms with van der Waals surface area (Å²) in [4.78, 5) is 6.11. The molecule has 0 aliphatic carbocycles. The van der Waals surface area contributed by atoms with Gasteiger partial charge >= 0.3 is 0 Å². The van der Waals surface area contributed by atoms with Crippen LogP contribution in [0.15, 0.2) is 60.7 Å². The van der Waals surface area contributed by atoms with E-state index in [0.717, 1.165) is 11.3 Å². The topological polar surface area (TPSA) is 26.6 Å².